The second-order valence-electron chi connectivity index (χ2n) is 6.92. The number of likely N-dealkylation sites (tertiary alicyclic amines) is 1. The van der Waals surface area contributed by atoms with Crippen LogP contribution in [0.5, 0.6) is 0 Å². The Bertz CT molecular complexity index is 282. The lowest BCUT2D eigenvalue weighted by atomic mass is 9.98. The predicted molar refractivity (Wildman–Crippen MR) is 78.4 cm³/mol. The largest absolute Gasteiger partial charge is 0.370 e. The molecule has 3 nitrogen and oxygen atoms in total. The van der Waals surface area contributed by atoms with Gasteiger partial charge in [-0.3, -0.25) is 4.90 Å². The lowest BCUT2D eigenvalue weighted by Gasteiger charge is -2.26. The maximum atomic E-state index is 6.34. The first-order valence-corrected chi connectivity index (χ1v) is 8.40. The third kappa shape index (κ3) is 3.32. The van der Waals surface area contributed by atoms with Crippen LogP contribution in [0.25, 0.3) is 0 Å². The first kappa shape index (κ1) is 13.8. The maximum Gasteiger partial charge on any atom is 0.0708 e. The molecule has 1 N–H and O–H groups in total. The molecule has 2 atom stereocenters. The third-order valence-electron chi connectivity index (χ3n) is 5.43. The van der Waals surface area contributed by atoms with Crippen LogP contribution < -0.4 is 5.32 Å². The molecule has 3 rings (SSSR count). The predicted octanol–water partition coefficient (Wildman–Crippen LogP) is 2.55. The van der Waals surface area contributed by atoms with E-state index >= 15 is 0 Å². The lowest BCUT2D eigenvalue weighted by Crippen LogP contribution is -2.41. The van der Waals surface area contributed by atoms with Gasteiger partial charge < -0.3 is 10.1 Å². The van der Waals surface area contributed by atoms with Gasteiger partial charge in [-0.25, -0.2) is 0 Å². The highest BCUT2D eigenvalue weighted by molar-refractivity contribution is 4.93. The molecule has 1 spiro atoms. The van der Waals surface area contributed by atoms with Crippen LogP contribution in [0.3, 0.4) is 0 Å². The van der Waals surface area contributed by atoms with Crippen molar-refractivity contribution in [3.63, 3.8) is 0 Å². The van der Waals surface area contributed by atoms with Gasteiger partial charge in [0.15, 0.2) is 0 Å². The highest BCUT2D eigenvalue weighted by Gasteiger charge is 2.41. The van der Waals surface area contributed by atoms with Crippen LogP contribution in [0.4, 0.5) is 0 Å². The Labute approximate surface area is 118 Å². The van der Waals surface area contributed by atoms with Crippen molar-refractivity contribution >= 4 is 0 Å². The Hall–Kier alpha value is -0.120. The normalized spacial score (nSPS) is 32.4. The Balaban J connectivity index is 1.34. The van der Waals surface area contributed by atoms with Crippen LogP contribution in [0.15, 0.2) is 0 Å². The van der Waals surface area contributed by atoms with Gasteiger partial charge in [0.25, 0.3) is 0 Å². The van der Waals surface area contributed by atoms with Gasteiger partial charge in [0.1, 0.15) is 0 Å². The SMILES string of the molecule is CC(CNCC1CCC2(CCCC2)O1)N1CCCC1. The van der Waals surface area contributed by atoms with E-state index in [1.54, 1.807) is 0 Å². The molecule has 2 saturated heterocycles. The monoisotopic (exact) mass is 266 g/mol. The molecule has 19 heavy (non-hydrogen) atoms. The molecule has 3 aliphatic rings. The van der Waals surface area contributed by atoms with E-state index in [-0.39, 0.29) is 0 Å². The van der Waals surface area contributed by atoms with Crippen molar-refractivity contribution in [3.05, 3.63) is 0 Å². The van der Waals surface area contributed by atoms with Crippen LogP contribution in [-0.2, 0) is 4.74 Å². The summed E-state index contributed by atoms with van der Waals surface area (Å²) < 4.78 is 6.34. The van der Waals surface area contributed by atoms with Crippen molar-refractivity contribution in [1.82, 2.24) is 10.2 Å². The minimum absolute atomic E-state index is 0.299. The molecular weight excluding hydrogens is 236 g/mol. The smallest absolute Gasteiger partial charge is 0.0708 e. The zero-order valence-corrected chi connectivity index (χ0v) is 12.5. The van der Waals surface area contributed by atoms with Crippen molar-refractivity contribution in [1.29, 1.82) is 0 Å². The Kier molecular flexibility index (Phi) is 4.45. The third-order valence-corrected chi connectivity index (χ3v) is 5.43. The van der Waals surface area contributed by atoms with Crippen LogP contribution in [-0.4, -0.2) is 48.8 Å². The average molecular weight is 266 g/mol. The molecule has 0 aromatic carbocycles. The van der Waals surface area contributed by atoms with E-state index in [1.807, 2.05) is 0 Å². The second-order valence-corrected chi connectivity index (χ2v) is 6.92. The van der Waals surface area contributed by atoms with Crippen LogP contribution in [0.2, 0.25) is 0 Å². The summed E-state index contributed by atoms with van der Waals surface area (Å²) in [6.45, 7) is 7.12. The van der Waals surface area contributed by atoms with Gasteiger partial charge in [-0.2, -0.15) is 0 Å². The van der Waals surface area contributed by atoms with Crippen molar-refractivity contribution in [3.8, 4) is 0 Å². The van der Waals surface area contributed by atoms with Gasteiger partial charge >= 0.3 is 0 Å². The zero-order valence-electron chi connectivity index (χ0n) is 12.5. The summed E-state index contributed by atoms with van der Waals surface area (Å²) in [6.07, 6.45) is 11.2. The summed E-state index contributed by atoms with van der Waals surface area (Å²) in [7, 11) is 0. The highest BCUT2D eigenvalue weighted by atomic mass is 16.5. The summed E-state index contributed by atoms with van der Waals surface area (Å²) in [4.78, 5) is 2.61. The van der Waals surface area contributed by atoms with Crippen LogP contribution >= 0.6 is 0 Å². The minimum Gasteiger partial charge on any atom is -0.370 e. The zero-order chi connectivity index (χ0) is 13.1. The lowest BCUT2D eigenvalue weighted by molar-refractivity contribution is -0.0353. The van der Waals surface area contributed by atoms with Crippen LogP contribution in [0.1, 0.15) is 58.3 Å². The standard InChI is InChI=1S/C16H30N2O/c1-14(18-10-4-5-11-18)12-17-13-15-6-9-16(19-15)7-2-3-8-16/h14-15,17H,2-13H2,1H3. The van der Waals surface area contributed by atoms with E-state index < -0.39 is 0 Å². The molecule has 1 aliphatic carbocycles. The van der Waals surface area contributed by atoms with Gasteiger partial charge in [0.2, 0.25) is 0 Å². The van der Waals surface area contributed by atoms with E-state index in [2.05, 4.69) is 17.1 Å². The Morgan fingerprint density at radius 2 is 1.89 bits per heavy atom. The quantitative estimate of drug-likeness (QED) is 0.827. The van der Waals surface area contributed by atoms with E-state index in [4.69, 9.17) is 4.74 Å². The molecule has 3 fully saturated rings. The number of rotatable bonds is 5. The first-order chi connectivity index (χ1) is 9.27. The molecule has 2 unspecified atom stereocenters. The van der Waals surface area contributed by atoms with Crippen molar-refractivity contribution in [2.75, 3.05) is 26.2 Å². The number of hydrogen-bond acceptors (Lipinski definition) is 3. The Morgan fingerprint density at radius 1 is 1.16 bits per heavy atom. The number of nitrogens with zero attached hydrogens (tertiary/aromatic N) is 1. The summed E-state index contributed by atoms with van der Waals surface area (Å²) in [5, 5.41) is 3.64. The maximum absolute atomic E-state index is 6.34. The van der Waals surface area contributed by atoms with Crippen molar-refractivity contribution in [2.24, 2.45) is 0 Å². The molecule has 3 heteroatoms. The van der Waals surface area contributed by atoms with Gasteiger partial charge in [-0.15, -0.1) is 0 Å². The Morgan fingerprint density at radius 3 is 2.63 bits per heavy atom. The number of ether oxygens (including phenoxy) is 1. The summed E-state index contributed by atoms with van der Waals surface area (Å²) in [6, 6.07) is 0.685. The van der Waals surface area contributed by atoms with Gasteiger partial charge in [0.05, 0.1) is 11.7 Å². The summed E-state index contributed by atoms with van der Waals surface area (Å²) in [5.41, 5.74) is 0.299. The van der Waals surface area contributed by atoms with Crippen molar-refractivity contribution < 1.29 is 4.74 Å². The molecule has 0 aromatic heterocycles. The fraction of sp³-hybridized carbons (Fsp3) is 1.00. The van der Waals surface area contributed by atoms with E-state index in [0.29, 0.717) is 17.7 Å². The second kappa shape index (κ2) is 6.11. The summed E-state index contributed by atoms with van der Waals surface area (Å²) >= 11 is 0. The molecular formula is C16H30N2O. The van der Waals surface area contributed by atoms with Gasteiger partial charge in [0, 0.05) is 19.1 Å². The average Bonchev–Trinajstić information content (AvgIpc) is 3.14. The van der Waals surface area contributed by atoms with E-state index in [1.165, 1.54) is 64.5 Å². The molecule has 0 aromatic rings. The summed E-state index contributed by atoms with van der Waals surface area (Å²) in [5.74, 6) is 0. The molecule has 1 saturated carbocycles. The highest BCUT2D eigenvalue weighted by Crippen LogP contribution is 2.43. The molecule has 2 heterocycles. The van der Waals surface area contributed by atoms with E-state index in [9.17, 15) is 0 Å². The number of nitrogens with one attached hydrogen (secondary N) is 1. The number of hydrogen-bond donors (Lipinski definition) is 1. The van der Waals surface area contributed by atoms with Crippen LogP contribution in [0, 0.1) is 0 Å². The first-order valence-electron chi connectivity index (χ1n) is 8.40. The molecule has 110 valence electrons. The minimum atomic E-state index is 0.299. The van der Waals surface area contributed by atoms with Crippen molar-refractivity contribution in [2.45, 2.75) is 76.0 Å². The van der Waals surface area contributed by atoms with Gasteiger partial charge in [-0.05, 0) is 58.5 Å². The fourth-order valence-electron chi connectivity index (χ4n) is 4.19. The molecule has 0 amide bonds. The van der Waals surface area contributed by atoms with Gasteiger partial charge in [-0.1, -0.05) is 12.8 Å². The molecule has 2 aliphatic heterocycles. The molecule has 0 bridgehead atoms. The van der Waals surface area contributed by atoms with E-state index in [0.717, 1.165) is 13.1 Å². The molecule has 0 radical (unpaired) electrons. The fourth-order valence-corrected chi connectivity index (χ4v) is 4.19. The topological polar surface area (TPSA) is 24.5 Å².